The first-order chi connectivity index (χ1) is 9.60. The maximum absolute atomic E-state index is 5.29. The van der Waals surface area contributed by atoms with Gasteiger partial charge in [0.15, 0.2) is 0 Å². The quantitative estimate of drug-likeness (QED) is 0.886. The van der Waals surface area contributed by atoms with Gasteiger partial charge >= 0.3 is 0 Å². The van der Waals surface area contributed by atoms with E-state index in [4.69, 9.17) is 4.52 Å². The summed E-state index contributed by atoms with van der Waals surface area (Å²) in [6, 6.07) is 1.02. The van der Waals surface area contributed by atoms with Crippen LogP contribution in [0, 0.1) is 19.3 Å². The lowest BCUT2D eigenvalue weighted by atomic mass is 9.71. The summed E-state index contributed by atoms with van der Waals surface area (Å²) in [6.45, 7) is 6.30. The van der Waals surface area contributed by atoms with Crippen LogP contribution >= 0.6 is 0 Å². The van der Waals surface area contributed by atoms with Crippen molar-refractivity contribution >= 4 is 0 Å². The van der Waals surface area contributed by atoms with Crippen LogP contribution in [0.4, 0.5) is 0 Å². The van der Waals surface area contributed by atoms with Gasteiger partial charge in [-0.05, 0) is 64.7 Å². The molecule has 2 fully saturated rings. The van der Waals surface area contributed by atoms with Crippen molar-refractivity contribution in [3.63, 3.8) is 0 Å². The summed E-state index contributed by atoms with van der Waals surface area (Å²) in [5, 5.41) is 7.88. The van der Waals surface area contributed by atoms with Gasteiger partial charge in [-0.3, -0.25) is 0 Å². The van der Waals surface area contributed by atoms with Crippen molar-refractivity contribution in [2.24, 2.45) is 5.41 Å². The second-order valence-corrected chi connectivity index (χ2v) is 7.11. The molecule has 3 heteroatoms. The standard InChI is InChI=1S/C17H28N2O/c1-12(16-13(2)19-20-14(16)3)18-15-6-10-17(11-7-15)8-4-5-9-17/h12,15,18H,4-11H2,1-3H3. The van der Waals surface area contributed by atoms with Gasteiger partial charge < -0.3 is 9.84 Å². The first-order valence-electron chi connectivity index (χ1n) is 8.28. The summed E-state index contributed by atoms with van der Waals surface area (Å²) in [6.07, 6.45) is 11.4. The molecule has 112 valence electrons. The monoisotopic (exact) mass is 276 g/mol. The van der Waals surface area contributed by atoms with E-state index in [0.717, 1.165) is 16.9 Å². The van der Waals surface area contributed by atoms with Gasteiger partial charge in [-0.2, -0.15) is 0 Å². The van der Waals surface area contributed by atoms with E-state index in [1.54, 1.807) is 0 Å². The predicted molar refractivity (Wildman–Crippen MR) is 80.7 cm³/mol. The third-order valence-corrected chi connectivity index (χ3v) is 5.72. The summed E-state index contributed by atoms with van der Waals surface area (Å²) in [5.41, 5.74) is 3.02. The second-order valence-electron chi connectivity index (χ2n) is 7.11. The molecule has 1 atom stereocenters. The number of rotatable bonds is 3. The van der Waals surface area contributed by atoms with Crippen molar-refractivity contribution in [2.45, 2.75) is 84.2 Å². The van der Waals surface area contributed by atoms with Crippen LogP contribution in [-0.4, -0.2) is 11.2 Å². The lowest BCUT2D eigenvalue weighted by Crippen LogP contribution is -2.38. The molecule has 2 aliphatic rings. The van der Waals surface area contributed by atoms with Crippen LogP contribution in [0.2, 0.25) is 0 Å². The van der Waals surface area contributed by atoms with Gasteiger partial charge in [0.2, 0.25) is 0 Å². The Kier molecular flexibility index (Phi) is 3.89. The van der Waals surface area contributed by atoms with Crippen molar-refractivity contribution in [3.8, 4) is 0 Å². The fourth-order valence-electron chi connectivity index (χ4n) is 4.57. The van der Waals surface area contributed by atoms with Crippen LogP contribution < -0.4 is 5.32 Å². The molecule has 1 heterocycles. The Balaban J connectivity index is 1.57. The van der Waals surface area contributed by atoms with Crippen molar-refractivity contribution in [1.29, 1.82) is 0 Å². The van der Waals surface area contributed by atoms with Crippen LogP contribution in [0.3, 0.4) is 0 Å². The molecule has 0 aliphatic heterocycles. The summed E-state index contributed by atoms with van der Waals surface area (Å²) >= 11 is 0. The lowest BCUT2D eigenvalue weighted by Gasteiger charge is -2.38. The van der Waals surface area contributed by atoms with E-state index in [1.807, 2.05) is 13.8 Å². The van der Waals surface area contributed by atoms with Gasteiger partial charge in [0.25, 0.3) is 0 Å². The van der Waals surface area contributed by atoms with Gasteiger partial charge in [0.1, 0.15) is 5.76 Å². The highest BCUT2D eigenvalue weighted by molar-refractivity contribution is 5.24. The van der Waals surface area contributed by atoms with E-state index in [1.165, 1.54) is 56.9 Å². The fraction of sp³-hybridized carbons (Fsp3) is 0.824. The molecule has 1 unspecified atom stereocenters. The molecular formula is C17H28N2O. The van der Waals surface area contributed by atoms with Gasteiger partial charge in [0.05, 0.1) is 5.69 Å². The number of aryl methyl sites for hydroxylation is 2. The molecule has 0 bridgehead atoms. The number of hydrogen-bond donors (Lipinski definition) is 1. The molecule has 3 rings (SSSR count). The summed E-state index contributed by atoms with van der Waals surface area (Å²) < 4.78 is 5.29. The Morgan fingerprint density at radius 3 is 2.35 bits per heavy atom. The van der Waals surface area contributed by atoms with Gasteiger partial charge in [-0.15, -0.1) is 0 Å². The van der Waals surface area contributed by atoms with Crippen LogP contribution in [0.5, 0.6) is 0 Å². The molecule has 20 heavy (non-hydrogen) atoms. The highest BCUT2D eigenvalue weighted by atomic mass is 16.5. The van der Waals surface area contributed by atoms with Crippen molar-refractivity contribution in [1.82, 2.24) is 10.5 Å². The molecule has 0 radical (unpaired) electrons. The third-order valence-electron chi connectivity index (χ3n) is 5.72. The Bertz CT molecular complexity index is 430. The molecule has 1 aromatic heterocycles. The van der Waals surface area contributed by atoms with E-state index in [-0.39, 0.29) is 0 Å². The number of hydrogen-bond acceptors (Lipinski definition) is 3. The molecule has 1 aromatic rings. The van der Waals surface area contributed by atoms with Crippen molar-refractivity contribution < 1.29 is 4.52 Å². The summed E-state index contributed by atoms with van der Waals surface area (Å²) in [7, 11) is 0. The van der Waals surface area contributed by atoms with Crippen molar-refractivity contribution in [2.75, 3.05) is 0 Å². The predicted octanol–water partition coefficient (Wildman–Crippen LogP) is 4.45. The number of nitrogens with one attached hydrogen (secondary N) is 1. The van der Waals surface area contributed by atoms with E-state index < -0.39 is 0 Å². The average Bonchev–Trinajstić information content (AvgIpc) is 3.01. The third kappa shape index (κ3) is 2.65. The average molecular weight is 276 g/mol. The maximum Gasteiger partial charge on any atom is 0.138 e. The molecule has 3 nitrogen and oxygen atoms in total. The Morgan fingerprint density at radius 2 is 1.80 bits per heavy atom. The molecular weight excluding hydrogens is 248 g/mol. The van der Waals surface area contributed by atoms with Crippen LogP contribution in [0.1, 0.15) is 81.3 Å². The molecule has 0 amide bonds. The molecule has 0 saturated heterocycles. The zero-order valence-electron chi connectivity index (χ0n) is 13.2. The normalized spacial score (nSPS) is 24.4. The SMILES string of the molecule is Cc1noc(C)c1C(C)NC1CCC2(CCCC2)CC1. The van der Waals surface area contributed by atoms with Gasteiger partial charge in [-0.25, -0.2) is 0 Å². The first kappa shape index (κ1) is 14.1. The lowest BCUT2D eigenvalue weighted by molar-refractivity contribution is 0.163. The molecule has 1 spiro atoms. The Hall–Kier alpha value is -0.830. The summed E-state index contributed by atoms with van der Waals surface area (Å²) in [5.74, 6) is 0.963. The van der Waals surface area contributed by atoms with E-state index in [0.29, 0.717) is 12.1 Å². The summed E-state index contributed by atoms with van der Waals surface area (Å²) in [4.78, 5) is 0. The van der Waals surface area contributed by atoms with Crippen molar-refractivity contribution in [3.05, 3.63) is 17.0 Å². The Morgan fingerprint density at radius 1 is 1.15 bits per heavy atom. The highest BCUT2D eigenvalue weighted by Gasteiger charge is 2.37. The fourth-order valence-corrected chi connectivity index (χ4v) is 4.57. The van der Waals surface area contributed by atoms with E-state index in [2.05, 4.69) is 17.4 Å². The highest BCUT2D eigenvalue weighted by Crippen LogP contribution is 2.49. The van der Waals surface area contributed by atoms with Crippen LogP contribution in [0.15, 0.2) is 4.52 Å². The zero-order chi connectivity index (χ0) is 14.2. The number of nitrogens with zero attached hydrogens (tertiary/aromatic N) is 1. The van der Waals surface area contributed by atoms with Crippen LogP contribution in [-0.2, 0) is 0 Å². The smallest absolute Gasteiger partial charge is 0.138 e. The molecule has 2 saturated carbocycles. The van der Waals surface area contributed by atoms with Crippen LogP contribution in [0.25, 0.3) is 0 Å². The Labute approximate surface area is 122 Å². The minimum atomic E-state index is 0.351. The topological polar surface area (TPSA) is 38.1 Å². The largest absolute Gasteiger partial charge is 0.361 e. The maximum atomic E-state index is 5.29. The van der Waals surface area contributed by atoms with E-state index >= 15 is 0 Å². The first-order valence-corrected chi connectivity index (χ1v) is 8.28. The molecule has 1 N–H and O–H groups in total. The van der Waals surface area contributed by atoms with Gasteiger partial charge in [0, 0.05) is 17.6 Å². The minimum Gasteiger partial charge on any atom is -0.361 e. The zero-order valence-corrected chi connectivity index (χ0v) is 13.2. The molecule has 0 aromatic carbocycles. The van der Waals surface area contributed by atoms with Gasteiger partial charge in [-0.1, -0.05) is 18.0 Å². The number of aromatic nitrogens is 1. The van der Waals surface area contributed by atoms with E-state index in [9.17, 15) is 0 Å². The molecule has 2 aliphatic carbocycles. The minimum absolute atomic E-state index is 0.351. The second kappa shape index (κ2) is 5.51.